The standard InChI is InChI=1S/C22H23F2NO5/c1-28-18-13-15(7-8-17(18)30-21(23)24)9-12-25-19(26)14-29-20(27)22(10-11-22)16-5-3-2-4-6-16/h2-8,13,21H,9-12,14H2,1H3,(H,25,26). The molecule has 0 aliphatic heterocycles. The van der Waals surface area contributed by atoms with Crippen molar-refractivity contribution in [1.82, 2.24) is 5.32 Å². The topological polar surface area (TPSA) is 73.9 Å². The molecule has 1 aliphatic rings. The molecule has 0 bridgehead atoms. The molecule has 8 heteroatoms. The first-order valence-electron chi connectivity index (χ1n) is 9.56. The molecule has 0 saturated heterocycles. The minimum absolute atomic E-state index is 0.0559. The van der Waals surface area contributed by atoms with Gasteiger partial charge in [-0.05, 0) is 42.5 Å². The lowest BCUT2D eigenvalue weighted by atomic mass is 9.96. The van der Waals surface area contributed by atoms with Crippen LogP contribution in [0, 0.1) is 0 Å². The number of hydrogen-bond acceptors (Lipinski definition) is 5. The molecule has 0 heterocycles. The third kappa shape index (κ3) is 5.25. The maximum atomic E-state index is 12.4. The van der Waals surface area contributed by atoms with E-state index in [0.29, 0.717) is 25.8 Å². The van der Waals surface area contributed by atoms with Crippen LogP contribution in [-0.2, 0) is 26.2 Å². The number of alkyl halides is 2. The van der Waals surface area contributed by atoms with Gasteiger partial charge in [0.25, 0.3) is 5.91 Å². The Morgan fingerprint density at radius 2 is 1.83 bits per heavy atom. The van der Waals surface area contributed by atoms with Crippen LogP contribution in [0.5, 0.6) is 11.5 Å². The van der Waals surface area contributed by atoms with Crippen molar-refractivity contribution < 1.29 is 32.6 Å². The van der Waals surface area contributed by atoms with Crippen molar-refractivity contribution in [2.75, 3.05) is 20.3 Å². The summed E-state index contributed by atoms with van der Waals surface area (Å²) in [5, 5.41) is 2.67. The molecule has 0 aromatic heterocycles. The van der Waals surface area contributed by atoms with Gasteiger partial charge >= 0.3 is 12.6 Å². The van der Waals surface area contributed by atoms with Gasteiger partial charge in [-0.1, -0.05) is 36.4 Å². The highest BCUT2D eigenvalue weighted by molar-refractivity contribution is 5.88. The second-order valence-electron chi connectivity index (χ2n) is 6.99. The molecule has 0 atom stereocenters. The number of esters is 1. The van der Waals surface area contributed by atoms with Crippen LogP contribution >= 0.6 is 0 Å². The summed E-state index contributed by atoms with van der Waals surface area (Å²) in [6.45, 7) is -3.00. The second-order valence-corrected chi connectivity index (χ2v) is 6.99. The van der Waals surface area contributed by atoms with E-state index in [0.717, 1.165) is 11.1 Å². The average molecular weight is 419 g/mol. The molecule has 3 rings (SSSR count). The van der Waals surface area contributed by atoms with Crippen molar-refractivity contribution in [2.24, 2.45) is 0 Å². The molecular weight excluding hydrogens is 396 g/mol. The van der Waals surface area contributed by atoms with Crippen LogP contribution in [-0.4, -0.2) is 38.7 Å². The van der Waals surface area contributed by atoms with E-state index in [1.165, 1.54) is 13.2 Å². The van der Waals surface area contributed by atoms with Gasteiger partial charge in [-0.3, -0.25) is 9.59 Å². The van der Waals surface area contributed by atoms with E-state index in [1.54, 1.807) is 12.1 Å². The number of hydrogen-bond donors (Lipinski definition) is 1. The van der Waals surface area contributed by atoms with E-state index >= 15 is 0 Å². The van der Waals surface area contributed by atoms with Gasteiger partial charge in [0, 0.05) is 6.54 Å². The fraction of sp³-hybridized carbons (Fsp3) is 0.364. The predicted octanol–water partition coefficient (Wildman–Crippen LogP) is 3.23. The number of nitrogens with one attached hydrogen (secondary N) is 1. The summed E-state index contributed by atoms with van der Waals surface area (Å²) < 4.78 is 39.4. The highest BCUT2D eigenvalue weighted by atomic mass is 19.3. The number of ether oxygens (including phenoxy) is 3. The summed E-state index contributed by atoms with van der Waals surface area (Å²) >= 11 is 0. The van der Waals surface area contributed by atoms with E-state index in [9.17, 15) is 18.4 Å². The Morgan fingerprint density at radius 3 is 2.47 bits per heavy atom. The summed E-state index contributed by atoms with van der Waals surface area (Å²) in [5.74, 6) is -0.664. The third-order valence-electron chi connectivity index (χ3n) is 4.98. The van der Waals surface area contributed by atoms with Crippen LogP contribution in [0.2, 0.25) is 0 Å². The van der Waals surface area contributed by atoms with Crippen LogP contribution in [0.1, 0.15) is 24.0 Å². The van der Waals surface area contributed by atoms with E-state index in [1.807, 2.05) is 30.3 Å². The van der Waals surface area contributed by atoms with Gasteiger partial charge in [-0.15, -0.1) is 0 Å². The molecule has 1 saturated carbocycles. The Bertz CT molecular complexity index is 884. The Balaban J connectivity index is 1.44. The molecule has 0 unspecified atom stereocenters. The number of benzene rings is 2. The normalized spacial score (nSPS) is 14.1. The lowest BCUT2D eigenvalue weighted by molar-refractivity contribution is -0.151. The summed E-state index contributed by atoms with van der Waals surface area (Å²) in [6.07, 6.45) is 1.87. The zero-order valence-electron chi connectivity index (χ0n) is 16.5. The third-order valence-corrected chi connectivity index (χ3v) is 4.98. The van der Waals surface area contributed by atoms with Gasteiger partial charge in [0.1, 0.15) is 0 Å². The van der Waals surface area contributed by atoms with E-state index in [2.05, 4.69) is 10.1 Å². The van der Waals surface area contributed by atoms with E-state index in [4.69, 9.17) is 9.47 Å². The number of carbonyl (C=O) groups excluding carboxylic acids is 2. The van der Waals surface area contributed by atoms with Gasteiger partial charge in [0.05, 0.1) is 12.5 Å². The van der Waals surface area contributed by atoms with E-state index < -0.39 is 17.9 Å². The summed E-state index contributed by atoms with van der Waals surface area (Å²) in [6, 6.07) is 14.0. The highest BCUT2D eigenvalue weighted by Gasteiger charge is 2.52. The quantitative estimate of drug-likeness (QED) is 0.599. The Labute approximate surface area is 173 Å². The average Bonchev–Trinajstić information content (AvgIpc) is 3.55. The number of methoxy groups -OCH3 is 1. The van der Waals surface area contributed by atoms with Crippen molar-refractivity contribution >= 4 is 11.9 Å². The van der Waals surface area contributed by atoms with Crippen LogP contribution in [0.15, 0.2) is 48.5 Å². The number of amides is 1. The molecule has 0 spiro atoms. The van der Waals surface area contributed by atoms with Gasteiger partial charge in [-0.25, -0.2) is 0 Å². The maximum absolute atomic E-state index is 12.4. The van der Waals surface area contributed by atoms with Gasteiger partial charge in [-0.2, -0.15) is 8.78 Å². The molecule has 1 N–H and O–H groups in total. The second kappa shape index (κ2) is 9.56. The molecule has 2 aromatic carbocycles. The lowest BCUT2D eigenvalue weighted by Crippen LogP contribution is -2.33. The number of rotatable bonds is 10. The van der Waals surface area contributed by atoms with Crippen molar-refractivity contribution in [3.05, 3.63) is 59.7 Å². The minimum atomic E-state index is -2.94. The van der Waals surface area contributed by atoms with Crippen LogP contribution in [0.25, 0.3) is 0 Å². The largest absolute Gasteiger partial charge is 0.493 e. The smallest absolute Gasteiger partial charge is 0.387 e. The Kier molecular flexibility index (Phi) is 6.87. The van der Waals surface area contributed by atoms with Crippen LogP contribution in [0.3, 0.4) is 0 Å². The Morgan fingerprint density at radius 1 is 1.10 bits per heavy atom. The van der Waals surface area contributed by atoms with Gasteiger partial charge < -0.3 is 19.5 Å². The fourth-order valence-corrected chi connectivity index (χ4v) is 3.22. The number of carbonyl (C=O) groups is 2. The molecule has 30 heavy (non-hydrogen) atoms. The maximum Gasteiger partial charge on any atom is 0.387 e. The summed E-state index contributed by atoms with van der Waals surface area (Å²) in [4.78, 5) is 24.4. The Hall–Kier alpha value is -3.16. The minimum Gasteiger partial charge on any atom is -0.493 e. The predicted molar refractivity (Wildman–Crippen MR) is 105 cm³/mol. The van der Waals surface area contributed by atoms with Crippen molar-refractivity contribution in [2.45, 2.75) is 31.3 Å². The molecule has 1 fully saturated rings. The first-order valence-corrected chi connectivity index (χ1v) is 9.56. The van der Waals surface area contributed by atoms with Crippen molar-refractivity contribution in [3.8, 4) is 11.5 Å². The lowest BCUT2D eigenvalue weighted by Gasteiger charge is -2.15. The number of halogens is 2. The zero-order valence-corrected chi connectivity index (χ0v) is 16.5. The van der Waals surface area contributed by atoms with Crippen LogP contribution < -0.4 is 14.8 Å². The molecular formula is C22H23F2NO5. The van der Waals surface area contributed by atoms with Crippen molar-refractivity contribution in [3.63, 3.8) is 0 Å². The van der Waals surface area contributed by atoms with Gasteiger partial charge in [0.15, 0.2) is 18.1 Å². The molecule has 1 aliphatic carbocycles. The van der Waals surface area contributed by atoms with Crippen LogP contribution in [0.4, 0.5) is 8.78 Å². The van der Waals surface area contributed by atoms with Crippen molar-refractivity contribution in [1.29, 1.82) is 0 Å². The van der Waals surface area contributed by atoms with E-state index in [-0.39, 0.29) is 24.1 Å². The highest BCUT2D eigenvalue weighted by Crippen LogP contribution is 2.49. The molecule has 160 valence electrons. The first kappa shape index (κ1) is 21.5. The zero-order chi connectivity index (χ0) is 21.6. The van der Waals surface area contributed by atoms with Gasteiger partial charge in [0.2, 0.25) is 0 Å². The summed E-state index contributed by atoms with van der Waals surface area (Å²) in [5.41, 5.74) is 1.05. The SMILES string of the molecule is COc1cc(CCNC(=O)COC(=O)C2(c3ccccc3)CC2)ccc1OC(F)F. The molecule has 1 amide bonds. The summed E-state index contributed by atoms with van der Waals surface area (Å²) in [7, 11) is 1.36. The molecule has 6 nitrogen and oxygen atoms in total. The first-order chi connectivity index (χ1) is 14.4. The monoisotopic (exact) mass is 419 g/mol. The fourth-order valence-electron chi connectivity index (χ4n) is 3.22. The molecule has 0 radical (unpaired) electrons. The molecule has 2 aromatic rings.